The number of hydrogen-bond donors (Lipinski definition) is 0. The number of ether oxygens (including phenoxy) is 2. The lowest BCUT2D eigenvalue weighted by molar-refractivity contribution is -0.143. The quantitative estimate of drug-likeness (QED) is 0.587. The summed E-state index contributed by atoms with van der Waals surface area (Å²) >= 11 is 0. The molecule has 2 heterocycles. The molecule has 162 valence electrons. The second kappa shape index (κ2) is 9.77. The van der Waals surface area contributed by atoms with Crippen LogP contribution in [0.15, 0.2) is 36.4 Å². The van der Waals surface area contributed by atoms with Crippen LogP contribution in [0.4, 0.5) is 19.0 Å². The largest absolute Gasteiger partial charge is 0.471 e. The standard InChI is InChI=1S/C21H24F3N3O3/c1-2-29-19(28)11-10-16-9-6-12-27(16)18-13-17(21(22,23)24)20(26-25-18)30-14-15-7-4-3-5-8-15/h3-5,7-8,13,16H,2,6,9-12,14H2,1H3/t16-/m0/s1. The first-order valence-electron chi connectivity index (χ1n) is 9.92. The van der Waals surface area contributed by atoms with Crippen molar-refractivity contribution in [2.75, 3.05) is 18.1 Å². The van der Waals surface area contributed by atoms with Crippen molar-refractivity contribution in [3.05, 3.63) is 47.5 Å². The number of nitrogens with zero attached hydrogens (tertiary/aromatic N) is 3. The van der Waals surface area contributed by atoms with Crippen LogP contribution in [-0.2, 0) is 22.3 Å². The third-order valence-corrected chi connectivity index (χ3v) is 4.93. The number of hydrogen-bond acceptors (Lipinski definition) is 6. The van der Waals surface area contributed by atoms with Crippen LogP contribution in [0.5, 0.6) is 5.88 Å². The molecule has 0 spiro atoms. The van der Waals surface area contributed by atoms with Gasteiger partial charge in [-0.05, 0) is 31.7 Å². The van der Waals surface area contributed by atoms with Crippen molar-refractivity contribution in [2.45, 2.75) is 51.4 Å². The minimum absolute atomic E-state index is 0.0379. The number of carbonyl (C=O) groups excluding carboxylic acids is 1. The SMILES string of the molecule is CCOC(=O)CC[C@@H]1CCCN1c1cc(C(F)(F)F)c(OCc2ccccc2)nn1. The molecule has 1 aliphatic heterocycles. The van der Waals surface area contributed by atoms with Gasteiger partial charge < -0.3 is 14.4 Å². The van der Waals surface area contributed by atoms with Crippen LogP contribution in [0.1, 0.15) is 43.7 Å². The monoisotopic (exact) mass is 423 g/mol. The molecule has 1 atom stereocenters. The van der Waals surface area contributed by atoms with Gasteiger partial charge in [-0.2, -0.15) is 13.2 Å². The van der Waals surface area contributed by atoms with Crippen molar-refractivity contribution < 1.29 is 27.4 Å². The van der Waals surface area contributed by atoms with Gasteiger partial charge in [-0.1, -0.05) is 30.3 Å². The molecule has 9 heteroatoms. The summed E-state index contributed by atoms with van der Waals surface area (Å²) in [5, 5.41) is 7.73. The van der Waals surface area contributed by atoms with Gasteiger partial charge in [0.1, 0.15) is 12.2 Å². The van der Waals surface area contributed by atoms with Crippen LogP contribution in [-0.4, -0.2) is 35.4 Å². The minimum atomic E-state index is -4.63. The van der Waals surface area contributed by atoms with Crippen LogP contribution < -0.4 is 9.64 Å². The topological polar surface area (TPSA) is 64.5 Å². The predicted molar refractivity (Wildman–Crippen MR) is 104 cm³/mol. The molecule has 2 aromatic rings. The average molecular weight is 423 g/mol. The zero-order valence-electron chi connectivity index (χ0n) is 16.7. The van der Waals surface area contributed by atoms with E-state index in [9.17, 15) is 18.0 Å². The maximum atomic E-state index is 13.6. The predicted octanol–water partition coefficient (Wildman–Crippen LogP) is 4.39. The van der Waals surface area contributed by atoms with E-state index in [-0.39, 0.29) is 30.9 Å². The lowest BCUT2D eigenvalue weighted by Crippen LogP contribution is -2.31. The van der Waals surface area contributed by atoms with Gasteiger partial charge in [0.05, 0.1) is 6.61 Å². The summed E-state index contributed by atoms with van der Waals surface area (Å²) in [7, 11) is 0. The molecule has 0 amide bonds. The van der Waals surface area contributed by atoms with Crippen LogP contribution >= 0.6 is 0 Å². The number of aromatic nitrogens is 2. The number of rotatable bonds is 8. The molecule has 1 aromatic carbocycles. The van der Waals surface area contributed by atoms with Gasteiger partial charge in [-0.15, -0.1) is 10.2 Å². The number of anilines is 1. The molecule has 1 saturated heterocycles. The first-order chi connectivity index (χ1) is 14.4. The van der Waals surface area contributed by atoms with Gasteiger partial charge in [0.15, 0.2) is 5.82 Å². The molecule has 30 heavy (non-hydrogen) atoms. The molecule has 6 nitrogen and oxygen atoms in total. The third-order valence-electron chi connectivity index (χ3n) is 4.93. The Morgan fingerprint density at radius 2 is 2.00 bits per heavy atom. The van der Waals surface area contributed by atoms with E-state index >= 15 is 0 Å². The molecule has 0 N–H and O–H groups in total. The summed E-state index contributed by atoms with van der Waals surface area (Å²) in [5.41, 5.74) is -0.227. The molecule has 1 aliphatic rings. The Labute approximate surface area is 173 Å². The van der Waals surface area contributed by atoms with Gasteiger partial charge >= 0.3 is 12.1 Å². The maximum Gasteiger partial charge on any atom is 0.421 e. The van der Waals surface area contributed by atoms with Crippen molar-refractivity contribution in [3.8, 4) is 5.88 Å². The Morgan fingerprint density at radius 1 is 1.23 bits per heavy atom. The first-order valence-corrected chi connectivity index (χ1v) is 9.92. The van der Waals surface area contributed by atoms with Crippen LogP contribution in [0.2, 0.25) is 0 Å². The van der Waals surface area contributed by atoms with E-state index in [0.29, 0.717) is 19.6 Å². The van der Waals surface area contributed by atoms with Gasteiger partial charge in [-0.25, -0.2) is 0 Å². The molecular weight excluding hydrogens is 399 g/mol. The lowest BCUT2D eigenvalue weighted by Gasteiger charge is -2.26. The summed E-state index contributed by atoms with van der Waals surface area (Å²) in [6.45, 7) is 2.56. The fourth-order valence-corrected chi connectivity index (χ4v) is 3.50. The zero-order valence-corrected chi connectivity index (χ0v) is 16.7. The summed E-state index contributed by atoms with van der Waals surface area (Å²) in [5.74, 6) is -0.714. The molecule has 0 bridgehead atoms. The summed E-state index contributed by atoms with van der Waals surface area (Å²) in [6, 6.07) is 9.79. The Hall–Kier alpha value is -2.84. The molecule has 0 radical (unpaired) electrons. The highest BCUT2D eigenvalue weighted by molar-refractivity contribution is 5.69. The van der Waals surface area contributed by atoms with Gasteiger partial charge in [0, 0.05) is 25.1 Å². The normalized spacial score (nSPS) is 16.5. The van der Waals surface area contributed by atoms with E-state index in [1.54, 1.807) is 36.1 Å². The minimum Gasteiger partial charge on any atom is -0.471 e. The van der Waals surface area contributed by atoms with Crippen LogP contribution in [0.25, 0.3) is 0 Å². The maximum absolute atomic E-state index is 13.6. The number of alkyl halides is 3. The molecule has 0 unspecified atom stereocenters. The molecule has 3 rings (SSSR count). The second-order valence-electron chi connectivity index (χ2n) is 7.03. The van der Waals surface area contributed by atoms with Crippen molar-refractivity contribution >= 4 is 11.8 Å². The Morgan fingerprint density at radius 3 is 2.70 bits per heavy atom. The van der Waals surface area contributed by atoms with Crippen molar-refractivity contribution in [1.29, 1.82) is 0 Å². The summed E-state index contributed by atoms with van der Waals surface area (Å²) in [4.78, 5) is 13.4. The molecular formula is C21H24F3N3O3. The highest BCUT2D eigenvalue weighted by Crippen LogP contribution is 2.38. The fraction of sp³-hybridized carbons (Fsp3) is 0.476. The highest BCUT2D eigenvalue weighted by atomic mass is 19.4. The lowest BCUT2D eigenvalue weighted by atomic mass is 10.1. The van der Waals surface area contributed by atoms with Gasteiger partial charge in [0.2, 0.25) is 5.88 Å². The van der Waals surface area contributed by atoms with E-state index < -0.39 is 17.6 Å². The summed E-state index contributed by atoms with van der Waals surface area (Å²) < 4.78 is 51.2. The van der Waals surface area contributed by atoms with E-state index in [0.717, 1.165) is 24.5 Å². The third kappa shape index (κ3) is 5.61. The Kier molecular flexibility index (Phi) is 7.12. The number of benzene rings is 1. The average Bonchev–Trinajstić information content (AvgIpc) is 3.19. The van der Waals surface area contributed by atoms with Crippen molar-refractivity contribution in [1.82, 2.24) is 10.2 Å². The number of esters is 1. The van der Waals surface area contributed by atoms with E-state index in [1.807, 2.05) is 6.07 Å². The van der Waals surface area contributed by atoms with E-state index in [2.05, 4.69) is 10.2 Å². The number of carbonyl (C=O) groups is 1. The highest BCUT2D eigenvalue weighted by Gasteiger charge is 2.38. The van der Waals surface area contributed by atoms with E-state index in [1.165, 1.54) is 0 Å². The number of halogens is 3. The summed E-state index contributed by atoms with van der Waals surface area (Å²) in [6.07, 6.45) is -2.34. The van der Waals surface area contributed by atoms with Crippen molar-refractivity contribution in [2.24, 2.45) is 0 Å². The van der Waals surface area contributed by atoms with E-state index in [4.69, 9.17) is 9.47 Å². The van der Waals surface area contributed by atoms with Crippen LogP contribution in [0, 0.1) is 0 Å². The molecule has 0 saturated carbocycles. The van der Waals surface area contributed by atoms with Crippen molar-refractivity contribution in [3.63, 3.8) is 0 Å². The Balaban J connectivity index is 1.76. The van der Waals surface area contributed by atoms with Crippen LogP contribution in [0.3, 0.4) is 0 Å². The second-order valence-corrected chi connectivity index (χ2v) is 7.03. The Bertz CT molecular complexity index is 846. The molecule has 1 aromatic heterocycles. The zero-order chi connectivity index (χ0) is 21.6. The fourth-order valence-electron chi connectivity index (χ4n) is 3.50. The first kappa shape index (κ1) is 21.9. The van der Waals surface area contributed by atoms with Gasteiger partial charge in [0.25, 0.3) is 0 Å². The molecule has 1 fully saturated rings. The molecule has 0 aliphatic carbocycles. The smallest absolute Gasteiger partial charge is 0.421 e. The van der Waals surface area contributed by atoms with Gasteiger partial charge in [-0.3, -0.25) is 4.79 Å².